The van der Waals surface area contributed by atoms with Crippen LogP contribution in [0.1, 0.15) is 45.1 Å². The Morgan fingerprint density at radius 2 is 2.15 bits per heavy atom. The number of anilines is 1. The SMILES string of the molecule is CCCNCc1ccc(Br)cc1N1CCC(CCC)C1. The predicted octanol–water partition coefficient (Wildman–Crippen LogP) is 4.58. The summed E-state index contributed by atoms with van der Waals surface area (Å²) in [5, 5.41) is 3.53. The van der Waals surface area contributed by atoms with Crippen LogP contribution in [0.4, 0.5) is 5.69 Å². The quantitative estimate of drug-likeness (QED) is 0.732. The molecule has 3 heteroatoms. The van der Waals surface area contributed by atoms with Crippen LogP contribution in [0.15, 0.2) is 22.7 Å². The Labute approximate surface area is 132 Å². The van der Waals surface area contributed by atoms with Gasteiger partial charge in [-0.1, -0.05) is 42.3 Å². The average molecular weight is 339 g/mol. The molecule has 0 saturated carbocycles. The fourth-order valence-electron chi connectivity index (χ4n) is 3.08. The zero-order valence-electron chi connectivity index (χ0n) is 12.8. The molecule has 1 heterocycles. The Morgan fingerprint density at radius 3 is 2.90 bits per heavy atom. The molecule has 0 bridgehead atoms. The Balaban J connectivity index is 2.07. The number of halogens is 1. The van der Waals surface area contributed by atoms with Gasteiger partial charge in [-0.25, -0.2) is 0 Å². The molecule has 1 aliphatic rings. The van der Waals surface area contributed by atoms with Crippen LogP contribution in [0.3, 0.4) is 0 Å². The van der Waals surface area contributed by atoms with Crippen LogP contribution in [0.5, 0.6) is 0 Å². The molecule has 0 aliphatic carbocycles. The van der Waals surface area contributed by atoms with E-state index >= 15 is 0 Å². The number of nitrogens with zero attached hydrogens (tertiary/aromatic N) is 1. The second-order valence-electron chi connectivity index (χ2n) is 5.84. The Bertz CT molecular complexity index is 419. The Morgan fingerprint density at radius 1 is 1.30 bits per heavy atom. The second kappa shape index (κ2) is 8.04. The number of rotatable bonds is 7. The molecule has 2 nitrogen and oxygen atoms in total. The van der Waals surface area contributed by atoms with Crippen molar-refractivity contribution in [2.45, 2.75) is 46.1 Å². The third-order valence-electron chi connectivity index (χ3n) is 4.11. The van der Waals surface area contributed by atoms with Gasteiger partial charge in [0.25, 0.3) is 0 Å². The van der Waals surface area contributed by atoms with Crippen molar-refractivity contribution < 1.29 is 0 Å². The van der Waals surface area contributed by atoms with Crippen molar-refractivity contribution >= 4 is 21.6 Å². The van der Waals surface area contributed by atoms with Gasteiger partial charge >= 0.3 is 0 Å². The summed E-state index contributed by atoms with van der Waals surface area (Å²) in [6.45, 7) is 9.01. The maximum Gasteiger partial charge on any atom is 0.0423 e. The number of hydrogen-bond acceptors (Lipinski definition) is 2. The molecule has 1 N–H and O–H groups in total. The summed E-state index contributed by atoms with van der Waals surface area (Å²) >= 11 is 3.62. The van der Waals surface area contributed by atoms with Crippen molar-refractivity contribution in [3.8, 4) is 0 Å². The van der Waals surface area contributed by atoms with Crippen molar-refractivity contribution in [3.05, 3.63) is 28.2 Å². The number of benzene rings is 1. The predicted molar refractivity (Wildman–Crippen MR) is 91.4 cm³/mol. The number of hydrogen-bond donors (Lipinski definition) is 1. The van der Waals surface area contributed by atoms with Gasteiger partial charge in [-0.3, -0.25) is 0 Å². The second-order valence-corrected chi connectivity index (χ2v) is 6.75. The molecule has 1 aliphatic heterocycles. The smallest absolute Gasteiger partial charge is 0.0423 e. The first-order valence-corrected chi connectivity index (χ1v) is 8.78. The molecule has 1 aromatic rings. The lowest BCUT2D eigenvalue weighted by molar-refractivity contribution is 0.529. The van der Waals surface area contributed by atoms with Gasteiger partial charge in [-0.05, 0) is 49.4 Å². The molecule has 1 saturated heterocycles. The highest BCUT2D eigenvalue weighted by Gasteiger charge is 2.23. The zero-order valence-corrected chi connectivity index (χ0v) is 14.4. The first-order valence-electron chi connectivity index (χ1n) is 7.98. The maximum atomic E-state index is 3.62. The van der Waals surface area contributed by atoms with Gasteiger partial charge in [0.15, 0.2) is 0 Å². The normalized spacial score (nSPS) is 18.8. The lowest BCUT2D eigenvalue weighted by Gasteiger charge is -2.23. The molecule has 20 heavy (non-hydrogen) atoms. The summed E-state index contributed by atoms with van der Waals surface area (Å²) < 4.78 is 1.19. The average Bonchev–Trinajstić information content (AvgIpc) is 2.89. The summed E-state index contributed by atoms with van der Waals surface area (Å²) in [6, 6.07) is 6.71. The highest BCUT2D eigenvalue weighted by atomic mass is 79.9. The van der Waals surface area contributed by atoms with E-state index in [1.54, 1.807) is 0 Å². The standard InChI is InChI=1S/C17H27BrN2/c1-3-5-14-8-10-20(13-14)17-11-16(18)7-6-15(17)12-19-9-4-2/h6-7,11,14,19H,3-5,8-10,12-13H2,1-2H3. The molecule has 0 amide bonds. The highest BCUT2D eigenvalue weighted by molar-refractivity contribution is 9.10. The van der Waals surface area contributed by atoms with E-state index in [1.165, 1.54) is 54.5 Å². The van der Waals surface area contributed by atoms with E-state index in [2.05, 4.69) is 58.2 Å². The first-order chi connectivity index (χ1) is 9.74. The van der Waals surface area contributed by atoms with E-state index in [9.17, 15) is 0 Å². The first kappa shape index (κ1) is 15.8. The Kier molecular flexibility index (Phi) is 6.37. The minimum absolute atomic E-state index is 0.885. The molecule has 1 unspecified atom stereocenters. The molecular weight excluding hydrogens is 312 g/mol. The molecule has 1 atom stereocenters. The van der Waals surface area contributed by atoms with Crippen LogP contribution in [-0.4, -0.2) is 19.6 Å². The molecule has 0 radical (unpaired) electrons. The fraction of sp³-hybridized carbons (Fsp3) is 0.647. The van der Waals surface area contributed by atoms with Crippen molar-refractivity contribution in [2.24, 2.45) is 5.92 Å². The van der Waals surface area contributed by atoms with Gasteiger partial charge in [0.1, 0.15) is 0 Å². The van der Waals surface area contributed by atoms with Crippen molar-refractivity contribution in [3.63, 3.8) is 0 Å². The van der Waals surface area contributed by atoms with E-state index in [1.807, 2.05) is 0 Å². The third kappa shape index (κ3) is 4.23. The van der Waals surface area contributed by atoms with Gasteiger partial charge in [-0.2, -0.15) is 0 Å². The van der Waals surface area contributed by atoms with Gasteiger partial charge in [-0.15, -0.1) is 0 Å². The number of nitrogens with one attached hydrogen (secondary N) is 1. The molecule has 1 fully saturated rings. The lowest BCUT2D eigenvalue weighted by Crippen LogP contribution is -2.23. The zero-order chi connectivity index (χ0) is 14.4. The van der Waals surface area contributed by atoms with Crippen LogP contribution in [0.2, 0.25) is 0 Å². The van der Waals surface area contributed by atoms with E-state index in [0.29, 0.717) is 0 Å². The lowest BCUT2D eigenvalue weighted by atomic mass is 10.0. The van der Waals surface area contributed by atoms with E-state index in [-0.39, 0.29) is 0 Å². The van der Waals surface area contributed by atoms with Crippen LogP contribution in [0.25, 0.3) is 0 Å². The van der Waals surface area contributed by atoms with Crippen LogP contribution < -0.4 is 10.2 Å². The molecule has 1 aromatic carbocycles. The molecule has 0 aromatic heterocycles. The van der Waals surface area contributed by atoms with Gasteiger partial charge in [0.05, 0.1) is 0 Å². The van der Waals surface area contributed by atoms with Crippen molar-refractivity contribution in [1.82, 2.24) is 5.32 Å². The van der Waals surface area contributed by atoms with Crippen molar-refractivity contribution in [1.29, 1.82) is 0 Å². The monoisotopic (exact) mass is 338 g/mol. The minimum Gasteiger partial charge on any atom is -0.371 e. The van der Waals surface area contributed by atoms with Crippen LogP contribution in [-0.2, 0) is 6.54 Å². The van der Waals surface area contributed by atoms with Gasteiger partial charge < -0.3 is 10.2 Å². The highest BCUT2D eigenvalue weighted by Crippen LogP contribution is 2.31. The minimum atomic E-state index is 0.885. The van der Waals surface area contributed by atoms with E-state index < -0.39 is 0 Å². The summed E-state index contributed by atoms with van der Waals surface area (Å²) in [4.78, 5) is 2.58. The molecule has 0 spiro atoms. The Hall–Kier alpha value is -0.540. The molecule has 2 rings (SSSR count). The summed E-state index contributed by atoms with van der Waals surface area (Å²) in [6.07, 6.45) is 5.21. The summed E-state index contributed by atoms with van der Waals surface area (Å²) in [5.74, 6) is 0.885. The molecule has 112 valence electrons. The van der Waals surface area contributed by atoms with Gasteiger partial charge in [0, 0.05) is 29.8 Å². The maximum absolute atomic E-state index is 3.62. The van der Waals surface area contributed by atoms with Gasteiger partial charge in [0.2, 0.25) is 0 Å². The van der Waals surface area contributed by atoms with E-state index in [4.69, 9.17) is 0 Å². The third-order valence-corrected chi connectivity index (χ3v) is 4.61. The van der Waals surface area contributed by atoms with Crippen LogP contribution in [0, 0.1) is 5.92 Å². The molecular formula is C17H27BrN2. The van der Waals surface area contributed by atoms with E-state index in [0.717, 1.165) is 19.0 Å². The van der Waals surface area contributed by atoms with Crippen LogP contribution >= 0.6 is 15.9 Å². The van der Waals surface area contributed by atoms with Crippen molar-refractivity contribution in [2.75, 3.05) is 24.5 Å². The topological polar surface area (TPSA) is 15.3 Å². The summed E-state index contributed by atoms with van der Waals surface area (Å²) in [7, 11) is 0. The fourth-order valence-corrected chi connectivity index (χ4v) is 3.43. The summed E-state index contributed by atoms with van der Waals surface area (Å²) in [5.41, 5.74) is 2.85. The largest absolute Gasteiger partial charge is 0.371 e.